The van der Waals surface area contributed by atoms with Gasteiger partial charge >= 0.3 is 0 Å². The van der Waals surface area contributed by atoms with Crippen LogP contribution in [-0.4, -0.2) is 18.6 Å². The van der Waals surface area contributed by atoms with Crippen molar-refractivity contribution in [3.63, 3.8) is 0 Å². The lowest BCUT2D eigenvalue weighted by atomic mass is 10.1. The largest absolute Gasteiger partial charge is 0.459 e. The van der Waals surface area contributed by atoms with Gasteiger partial charge in [-0.05, 0) is 61.4 Å². The molecule has 29 heavy (non-hydrogen) atoms. The molecular formula is C22H20N2O5. The number of hydrogen-bond donors (Lipinski definition) is 2. The van der Waals surface area contributed by atoms with E-state index in [1.165, 1.54) is 6.26 Å². The summed E-state index contributed by atoms with van der Waals surface area (Å²) in [6.45, 7) is 3.95. The van der Waals surface area contributed by atoms with Crippen LogP contribution in [0.4, 0.5) is 5.69 Å². The Bertz CT molecular complexity index is 1060. The number of fused-ring (bicyclic) bond motifs is 1. The third kappa shape index (κ3) is 3.94. The first-order valence-corrected chi connectivity index (χ1v) is 9.17. The van der Waals surface area contributed by atoms with Crippen LogP contribution in [0.1, 0.15) is 45.0 Å². The Hall–Kier alpha value is -3.74. The molecule has 1 aliphatic heterocycles. The number of nitrogens with one attached hydrogen (secondary N) is 2. The van der Waals surface area contributed by atoms with Crippen molar-refractivity contribution >= 4 is 17.5 Å². The summed E-state index contributed by atoms with van der Waals surface area (Å²) >= 11 is 0. The Labute approximate surface area is 167 Å². The van der Waals surface area contributed by atoms with Crippen molar-refractivity contribution in [3.05, 3.63) is 77.2 Å². The second kappa shape index (κ2) is 7.71. The van der Waals surface area contributed by atoms with E-state index >= 15 is 0 Å². The first-order valence-electron chi connectivity index (χ1n) is 9.17. The lowest BCUT2D eigenvalue weighted by Crippen LogP contribution is -2.26. The van der Waals surface area contributed by atoms with Gasteiger partial charge in [0.2, 0.25) is 6.79 Å². The van der Waals surface area contributed by atoms with Gasteiger partial charge in [0, 0.05) is 11.3 Å². The predicted molar refractivity (Wildman–Crippen MR) is 106 cm³/mol. The Morgan fingerprint density at radius 2 is 1.83 bits per heavy atom. The summed E-state index contributed by atoms with van der Waals surface area (Å²) in [6, 6.07) is 13.7. The summed E-state index contributed by atoms with van der Waals surface area (Å²) in [7, 11) is 0. The number of rotatable bonds is 5. The molecule has 7 heteroatoms. The van der Waals surface area contributed by atoms with Crippen LogP contribution in [0.15, 0.2) is 59.2 Å². The molecule has 4 rings (SSSR count). The monoisotopic (exact) mass is 392 g/mol. The molecule has 2 N–H and O–H groups in total. The summed E-state index contributed by atoms with van der Waals surface area (Å²) in [5, 5.41) is 5.74. The van der Waals surface area contributed by atoms with E-state index in [4.69, 9.17) is 13.9 Å². The Kier molecular flexibility index (Phi) is 4.95. The van der Waals surface area contributed by atoms with Crippen molar-refractivity contribution in [1.82, 2.24) is 5.32 Å². The number of furan rings is 1. The normalized spacial score (nSPS) is 13.0. The maximum Gasteiger partial charge on any atom is 0.291 e. The van der Waals surface area contributed by atoms with Crippen LogP contribution in [0.25, 0.3) is 0 Å². The molecule has 2 heterocycles. The molecule has 0 fully saturated rings. The molecule has 3 aromatic rings. The molecule has 148 valence electrons. The molecule has 1 aromatic heterocycles. The van der Waals surface area contributed by atoms with Gasteiger partial charge in [-0.1, -0.05) is 12.1 Å². The number of benzene rings is 2. The van der Waals surface area contributed by atoms with E-state index in [9.17, 15) is 9.59 Å². The highest BCUT2D eigenvalue weighted by Gasteiger charge is 2.18. The van der Waals surface area contributed by atoms with Gasteiger partial charge in [-0.2, -0.15) is 0 Å². The summed E-state index contributed by atoms with van der Waals surface area (Å²) in [6.07, 6.45) is 1.43. The maximum atomic E-state index is 12.7. The minimum absolute atomic E-state index is 0.204. The van der Waals surface area contributed by atoms with Crippen molar-refractivity contribution in [2.45, 2.75) is 19.9 Å². The van der Waals surface area contributed by atoms with Crippen molar-refractivity contribution in [2.75, 3.05) is 12.1 Å². The Balaban J connectivity index is 1.47. The Morgan fingerprint density at radius 3 is 2.62 bits per heavy atom. The zero-order chi connectivity index (χ0) is 20.4. The van der Waals surface area contributed by atoms with Gasteiger partial charge in [-0.25, -0.2) is 0 Å². The van der Waals surface area contributed by atoms with E-state index in [1.54, 1.807) is 30.3 Å². The van der Waals surface area contributed by atoms with Gasteiger partial charge in [-0.3, -0.25) is 9.59 Å². The summed E-state index contributed by atoms with van der Waals surface area (Å²) in [5.74, 6) is 0.952. The van der Waals surface area contributed by atoms with E-state index in [0.717, 1.165) is 11.1 Å². The molecular weight excluding hydrogens is 372 g/mol. The summed E-state index contributed by atoms with van der Waals surface area (Å²) in [5.41, 5.74) is 2.74. The zero-order valence-electron chi connectivity index (χ0n) is 16.0. The van der Waals surface area contributed by atoms with Gasteiger partial charge in [0.1, 0.15) is 0 Å². The van der Waals surface area contributed by atoms with Gasteiger partial charge < -0.3 is 24.5 Å². The molecule has 1 atom stereocenters. The zero-order valence-corrected chi connectivity index (χ0v) is 16.0. The van der Waals surface area contributed by atoms with Gasteiger partial charge in [0.15, 0.2) is 17.3 Å². The maximum absolute atomic E-state index is 12.7. The first-order chi connectivity index (χ1) is 14.0. The lowest BCUT2D eigenvalue weighted by Gasteiger charge is -2.16. The number of anilines is 1. The van der Waals surface area contributed by atoms with Crippen LogP contribution in [0.5, 0.6) is 11.5 Å². The second-order valence-electron chi connectivity index (χ2n) is 6.77. The number of ether oxygens (including phenoxy) is 2. The van der Waals surface area contributed by atoms with E-state index in [0.29, 0.717) is 22.7 Å². The van der Waals surface area contributed by atoms with Crippen molar-refractivity contribution in [2.24, 2.45) is 0 Å². The SMILES string of the molecule is Cc1ccc(C(=O)NC(C)c2ccc3c(c2)OCO3)cc1NC(=O)c1ccco1. The molecule has 0 aliphatic carbocycles. The second-order valence-corrected chi connectivity index (χ2v) is 6.77. The number of carbonyl (C=O) groups excluding carboxylic acids is 2. The van der Waals surface area contributed by atoms with Gasteiger partial charge in [0.05, 0.1) is 12.3 Å². The lowest BCUT2D eigenvalue weighted by molar-refractivity contribution is 0.0938. The number of aryl methyl sites for hydroxylation is 1. The minimum atomic E-state index is -0.371. The van der Waals surface area contributed by atoms with Crippen LogP contribution in [0.3, 0.4) is 0 Å². The van der Waals surface area contributed by atoms with E-state index in [2.05, 4.69) is 10.6 Å². The van der Waals surface area contributed by atoms with Crippen LogP contribution in [0, 0.1) is 6.92 Å². The topological polar surface area (TPSA) is 89.8 Å². The fourth-order valence-corrected chi connectivity index (χ4v) is 3.04. The molecule has 0 bridgehead atoms. The highest BCUT2D eigenvalue weighted by molar-refractivity contribution is 6.04. The molecule has 7 nitrogen and oxygen atoms in total. The van der Waals surface area contributed by atoms with Crippen LogP contribution < -0.4 is 20.1 Å². The molecule has 0 radical (unpaired) electrons. The molecule has 0 saturated heterocycles. The Morgan fingerprint density at radius 1 is 1.00 bits per heavy atom. The smallest absolute Gasteiger partial charge is 0.291 e. The molecule has 0 saturated carbocycles. The van der Waals surface area contributed by atoms with Crippen LogP contribution in [-0.2, 0) is 0 Å². The third-order valence-corrected chi connectivity index (χ3v) is 4.74. The van der Waals surface area contributed by atoms with Crippen LogP contribution in [0.2, 0.25) is 0 Å². The minimum Gasteiger partial charge on any atom is -0.459 e. The average molecular weight is 392 g/mol. The van der Waals surface area contributed by atoms with E-state index in [1.807, 2.05) is 32.0 Å². The molecule has 1 aliphatic rings. The fourth-order valence-electron chi connectivity index (χ4n) is 3.04. The van der Waals surface area contributed by atoms with Crippen LogP contribution >= 0.6 is 0 Å². The molecule has 1 unspecified atom stereocenters. The van der Waals surface area contributed by atoms with Crippen molar-refractivity contribution < 1.29 is 23.5 Å². The summed E-state index contributed by atoms with van der Waals surface area (Å²) in [4.78, 5) is 25.0. The number of hydrogen-bond acceptors (Lipinski definition) is 5. The molecule has 0 spiro atoms. The first kappa shape index (κ1) is 18.6. The number of amides is 2. The standard InChI is InChI=1S/C22H20N2O5/c1-13-5-6-16(10-17(13)24-22(26)19-4-3-9-27-19)21(25)23-14(2)15-7-8-18-20(11-15)29-12-28-18/h3-11,14H,12H2,1-2H3,(H,23,25)(H,24,26). The molecule has 2 aromatic carbocycles. The predicted octanol–water partition coefficient (Wildman–Crippen LogP) is 4.06. The van der Waals surface area contributed by atoms with E-state index in [-0.39, 0.29) is 30.4 Å². The van der Waals surface area contributed by atoms with Gasteiger partial charge in [0.25, 0.3) is 11.8 Å². The number of carbonyl (C=O) groups is 2. The summed E-state index contributed by atoms with van der Waals surface area (Å²) < 4.78 is 15.8. The quantitative estimate of drug-likeness (QED) is 0.683. The van der Waals surface area contributed by atoms with E-state index < -0.39 is 0 Å². The third-order valence-electron chi connectivity index (χ3n) is 4.74. The van der Waals surface area contributed by atoms with Gasteiger partial charge in [-0.15, -0.1) is 0 Å². The fraction of sp³-hybridized carbons (Fsp3) is 0.182. The average Bonchev–Trinajstić information content (AvgIpc) is 3.40. The van der Waals surface area contributed by atoms with Crippen molar-refractivity contribution in [3.8, 4) is 11.5 Å². The molecule has 2 amide bonds. The van der Waals surface area contributed by atoms with Crippen molar-refractivity contribution in [1.29, 1.82) is 0 Å². The highest BCUT2D eigenvalue weighted by atomic mass is 16.7. The highest BCUT2D eigenvalue weighted by Crippen LogP contribution is 2.34.